The summed E-state index contributed by atoms with van der Waals surface area (Å²) in [5.41, 5.74) is 0.540. The maximum absolute atomic E-state index is 11.9. The Labute approximate surface area is 207 Å². The SMILES string of the molecule is C=C[C@H]1[C@H](O[C@@H]2O[C@H](CO)[C@@H](O)[C@H](O)[C@H]2O)OC=C(C(=O)O)[C@H]1/C=C/C1=CC(C(=O)[O-])=C[NH+](CC)C1. The van der Waals surface area contributed by atoms with Crippen molar-refractivity contribution in [2.45, 2.75) is 43.9 Å². The summed E-state index contributed by atoms with van der Waals surface area (Å²) in [4.78, 5) is 24.2. The molecule has 3 rings (SSSR count). The Kier molecular flexibility index (Phi) is 9.19. The monoisotopic (exact) mass is 509 g/mol. The minimum absolute atomic E-state index is 0.0165. The van der Waals surface area contributed by atoms with Gasteiger partial charge >= 0.3 is 5.97 Å². The average molecular weight is 510 g/mol. The molecule has 3 aliphatic heterocycles. The third-order valence-electron chi connectivity index (χ3n) is 6.39. The quantitative estimate of drug-likeness (QED) is 0.170. The van der Waals surface area contributed by atoms with Crippen LogP contribution in [0.25, 0.3) is 0 Å². The lowest BCUT2D eigenvalue weighted by Gasteiger charge is -2.42. The topological polar surface area (TPSA) is 190 Å². The van der Waals surface area contributed by atoms with Crippen LogP contribution in [0.1, 0.15) is 6.92 Å². The highest BCUT2D eigenvalue weighted by molar-refractivity contribution is 5.88. The lowest BCUT2D eigenvalue weighted by molar-refractivity contribution is -0.840. The van der Waals surface area contributed by atoms with Crippen molar-refractivity contribution in [3.05, 3.63) is 60.1 Å². The van der Waals surface area contributed by atoms with Crippen LogP contribution in [0, 0.1) is 11.8 Å². The molecule has 198 valence electrons. The van der Waals surface area contributed by atoms with Gasteiger partial charge in [0.2, 0.25) is 6.29 Å². The van der Waals surface area contributed by atoms with E-state index in [2.05, 4.69) is 6.58 Å². The molecule has 1 fully saturated rings. The molecule has 0 radical (unpaired) electrons. The molecule has 1 unspecified atom stereocenters. The van der Waals surface area contributed by atoms with Crippen LogP contribution in [0.15, 0.2) is 60.1 Å². The first-order chi connectivity index (χ1) is 17.1. The van der Waals surface area contributed by atoms with Crippen LogP contribution >= 0.6 is 0 Å². The normalized spacial score (nSPS) is 36.9. The number of nitrogens with one attached hydrogen (secondary N) is 1. The fraction of sp³-hybridized carbons (Fsp3) is 0.500. The third-order valence-corrected chi connectivity index (χ3v) is 6.39. The third kappa shape index (κ3) is 5.93. The van der Waals surface area contributed by atoms with Gasteiger partial charge < -0.3 is 54.5 Å². The molecule has 9 atom stereocenters. The first-order valence-corrected chi connectivity index (χ1v) is 11.4. The van der Waals surface area contributed by atoms with Crippen LogP contribution in [0.4, 0.5) is 0 Å². The van der Waals surface area contributed by atoms with Gasteiger partial charge in [0.05, 0.1) is 42.4 Å². The average Bonchev–Trinajstić information content (AvgIpc) is 2.87. The molecular formula is C24H31NO11. The predicted molar refractivity (Wildman–Crippen MR) is 119 cm³/mol. The van der Waals surface area contributed by atoms with Crippen LogP contribution in [0.5, 0.6) is 0 Å². The Morgan fingerprint density at radius 3 is 2.56 bits per heavy atom. The molecule has 3 aliphatic rings. The Balaban J connectivity index is 1.86. The number of rotatable bonds is 9. The standard InChI is InChI=1S/C24H31NO11/c1-3-14-15(6-5-12-7-13(21(30)31)9-25(4-2)8-12)16(22(32)33)11-34-23(14)36-24-20(29)19(28)18(27)17(10-26)35-24/h3,5-7,9,11,14-15,17-20,23-24,26-29H,1,4,8,10H2,2H3,(H,30,31)(H,32,33)/b6-5+/t14-,15+,17-,18-,19+,20-,23+,24+/m1/s1. The molecule has 0 aromatic carbocycles. The van der Waals surface area contributed by atoms with Crippen LogP contribution in [-0.2, 0) is 23.8 Å². The van der Waals surface area contributed by atoms with Crippen molar-refractivity contribution in [1.82, 2.24) is 0 Å². The maximum atomic E-state index is 11.9. The van der Waals surface area contributed by atoms with E-state index >= 15 is 0 Å². The van der Waals surface area contributed by atoms with Crippen LogP contribution in [-0.4, -0.2) is 94.2 Å². The van der Waals surface area contributed by atoms with Crippen LogP contribution < -0.4 is 10.0 Å². The second kappa shape index (κ2) is 11.9. The van der Waals surface area contributed by atoms with E-state index in [0.29, 0.717) is 18.7 Å². The number of allylic oxidation sites excluding steroid dienone is 1. The van der Waals surface area contributed by atoms with E-state index in [1.165, 1.54) is 12.2 Å². The summed E-state index contributed by atoms with van der Waals surface area (Å²) in [6, 6.07) is 0. The zero-order valence-corrected chi connectivity index (χ0v) is 19.6. The molecule has 0 amide bonds. The van der Waals surface area contributed by atoms with E-state index < -0.39 is 67.4 Å². The summed E-state index contributed by atoms with van der Waals surface area (Å²) in [5.74, 6) is -4.20. The van der Waals surface area contributed by atoms with Gasteiger partial charge in [-0.05, 0) is 13.0 Å². The number of hydrogen-bond acceptors (Lipinski definition) is 10. The van der Waals surface area contributed by atoms with Crippen molar-refractivity contribution < 1.29 is 59.3 Å². The van der Waals surface area contributed by atoms with E-state index in [-0.39, 0.29) is 11.1 Å². The van der Waals surface area contributed by atoms with Gasteiger partial charge in [0, 0.05) is 11.5 Å². The minimum atomic E-state index is -1.68. The molecule has 12 nitrogen and oxygen atoms in total. The second-order valence-electron chi connectivity index (χ2n) is 8.71. The number of aliphatic carboxylic acids is 2. The first kappa shape index (κ1) is 27.7. The first-order valence-electron chi connectivity index (χ1n) is 11.4. The summed E-state index contributed by atoms with van der Waals surface area (Å²) in [7, 11) is 0. The highest BCUT2D eigenvalue weighted by Gasteiger charge is 2.47. The van der Waals surface area contributed by atoms with Crippen molar-refractivity contribution in [2.75, 3.05) is 19.7 Å². The highest BCUT2D eigenvalue weighted by atomic mass is 16.8. The maximum Gasteiger partial charge on any atom is 0.335 e. The number of aliphatic hydroxyl groups excluding tert-OH is 4. The zero-order chi connectivity index (χ0) is 26.6. The van der Waals surface area contributed by atoms with E-state index in [0.717, 1.165) is 11.2 Å². The smallest absolute Gasteiger partial charge is 0.335 e. The van der Waals surface area contributed by atoms with Gasteiger partial charge in [-0.15, -0.1) is 6.58 Å². The van der Waals surface area contributed by atoms with Crippen LogP contribution in [0.2, 0.25) is 0 Å². The Bertz CT molecular complexity index is 969. The molecule has 0 bridgehead atoms. The summed E-state index contributed by atoms with van der Waals surface area (Å²) in [6.07, 6.45) is -0.211. The molecule has 12 heteroatoms. The lowest BCUT2D eigenvalue weighted by Crippen LogP contribution is -3.08. The van der Waals surface area contributed by atoms with E-state index in [1.54, 1.807) is 18.4 Å². The largest absolute Gasteiger partial charge is 0.545 e. The lowest BCUT2D eigenvalue weighted by atomic mass is 9.83. The van der Waals surface area contributed by atoms with E-state index in [9.17, 15) is 40.2 Å². The van der Waals surface area contributed by atoms with E-state index in [4.69, 9.17) is 14.2 Å². The number of carbonyl (C=O) groups is 2. The molecule has 1 saturated heterocycles. The van der Waals surface area contributed by atoms with Crippen LogP contribution in [0.3, 0.4) is 0 Å². The van der Waals surface area contributed by atoms with Crippen molar-refractivity contribution in [1.29, 1.82) is 0 Å². The Morgan fingerprint density at radius 2 is 1.97 bits per heavy atom. The molecule has 36 heavy (non-hydrogen) atoms. The Hall–Kier alpha value is -2.84. The number of ether oxygens (including phenoxy) is 3. The molecule has 0 spiro atoms. The van der Waals surface area contributed by atoms with Gasteiger partial charge in [0.25, 0.3) is 0 Å². The number of aliphatic hydroxyl groups is 4. The molecule has 6 N–H and O–H groups in total. The molecule has 0 aromatic rings. The fourth-order valence-electron chi connectivity index (χ4n) is 4.31. The summed E-state index contributed by atoms with van der Waals surface area (Å²) >= 11 is 0. The van der Waals surface area contributed by atoms with Gasteiger partial charge in [-0.1, -0.05) is 18.2 Å². The molecule has 3 heterocycles. The van der Waals surface area contributed by atoms with Gasteiger partial charge in [-0.2, -0.15) is 0 Å². The number of hydrogen-bond donors (Lipinski definition) is 6. The number of likely N-dealkylation sites (N-methyl/N-ethyl adjacent to an activating group) is 1. The zero-order valence-electron chi connectivity index (χ0n) is 19.6. The van der Waals surface area contributed by atoms with E-state index in [1.807, 2.05) is 6.92 Å². The summed E-state index contributed by atoms with van der Waals surface area (Å²) < 4.78 is 16.5. The molecule has 0 aliphatic carbocycles. The van der Waals surface area contributed by atoms with Gasteiger partial charge in [0.1, 0.15) is 37.2 Å². The summed E-state index contributed by atoms with van der Waals surface area (Å²) in [6.45, 7) is 6.09. The molecular weight excluding hydrogens is 478 g/mol. The van der Waals surface area contributed by atoms with Gasteiger partial charge in [-0.25, -0.2) is 4.79 Å². The summed E-state index contributed by atoms with van der Waals surface area (Å²) in [5, 5.41) is 60.8. The van der Waals surface area contributed by atoms with Crippen molar-refractivity contribution >= 4 is 11.9 Å². The van der Waals surface area contributed by atoms with Crippen molar-refractivity contribution in [3.8, 4) is 0 Å². The van der Waals surface area contributed by atoms with Crippen molar-refractivity contribution in [3.63, 3.8) is 0 Å². The molecule has 0 saturated carbocycles. The predicted octanol–water partition coefficient (Wildman–Crippen LogP) is -3.42. The number of quaternary nitrogens is 1. The van der Waals surface area contributed by atoms with Crippen molar-refractivity contribution in [2.24, 2.45) is 11.8 Å². The number of carbonyl (C=O) groups excluding carboxylic acids is 1. The van der Waals surface area contributed by atoms with Gasteiger partial charge in [-0.3, -0.25) is 0 Å². The molecule has 0 aromatic heterocycles. The minimum Gasteiger partial charge on any atom is -0.545 e. The second-order valence-corrected chi connectivity index (χ2v) is 8.71. The number of carboxylic acids is 2. The Morgan fingerprint density at radius 1 is 1.25 bits per heavy atom. The number of carboxylic acid groups (broad SMARTS) is 2. The highest BCUT2D eigenvalue weighted by Crippen LogP contribution is 2.36. The fourth-order valence-corrected chi connectivity index (χ4v) is 4.31. The van der Waals surface area contributed by atoms with Gasteiger partial charge in [0.15, 0.2) is 6.29 Å².